The van der Waals surface area contributed by atoms with Crippen LogP contribution in [0.2, 0.25) is 0 Å². The van der Waals surface area contributed by atoms with E-state index in [1.165, 1.54) is 6.20 Å². The minimum absolute atomic E-state index is 0.286. The molecule has 3 nitrogen and oxygen atoms in total. The van der Waals surface area contributed by atoms with Crippen LogP contribution in [0.5, 0.6) is 0 Å². The smallest absolute Gasteiger partial charge is 0.337 e. The second-order valence-electron chi connectivity index (χ2n) is 2.59. The maximum absolute atomic E-state index is 10.5. The first-order chi connectivity index (χ1) is 5.77. The summed E-state index contributed by atoms with van der Waals surface area (Å²) >= 11 is 0. The van der Waals surface area contributed by atoms with Gasteiger partial charge in [0.1, 0.15) is 0 Å². The number of carboxylic acids is 1. The molecule has 60 valence electrons. The summed E-state index contributed by atoms with van der Waals surface area (Å²) in [6.45, 7) is 0. The summed E-state index contributed by atoms with van der Waals surface area (Å²) in [6, 6.07) is 7.31. The average Bonchev–Trinajstić information content (AvgIpc) is 2.49. The number of hydrogen-bond acceptors (Lipinski definition) is 1. The van der Waals surface area contributed by atoms with Crippen LogP contribution in [0, 0.1) is 0 Å². The van der Waals surface area contributed by atoms with Gasteiger partial charge >= 0.3 is 5.97 Å². The highest BCUT2D eigenvalue weighted by molar-refractivity contribution is 5.89. The number of nitrogens with one attached hydrogen (secondary N) is 1. The molecule has 12 heavy (non-hydrogen) atoms. The largest absolute Gasteiger partial charge is 0.478 e. The van der Waals surface area contributed by atoms with Gasteiger partial charge in [-0.3, -0.25) is 0 Å². The normalized spacial score (nSPS) is 10.3. The zero-order valence-corrected chi connectivity index (χ0v) is 6.24. The lowest BCUT2D eigenvalue weighted by Crippen LogP contribution is -1.97. The maximum atomic E-state index is 10.5. The number of pyridine rings is 1. The number of hydrogen-bond donors (Lipinski definition) is 2. The molecule has 3 heteroatoms. The quantitative estimate of drug-likeness (QED) is 0.670. The van der Waals surface area contributed by atoms with Crippen molar-refractivity contribution in [3.63, 3.8) is 0 Å². The first kappa shape index (κ1) is 6.91. The number of aromatic nitrogens is 1. The predicted molar refractivity (Wildman–Crippen MR) is 44.4 cm³/mol. The fourth-order valence-electron chi connectivity index (χ4n) is 1.18. The van der Waals surface area contributed by atoms with Crippen molar-refractivity contribution in [1.29, 1.82) is 0 Å². The second kappa shape index (κ2) is 2.37. The van der Waals surface area contributed by atoms with Gasteiger partial charge in [0.25, 0.3) is 0 Å². The van der Waals surface area contributed by atoms with Crippen LogP contribution in [0.25, 0.3) is 11.3 Å². The molecule has 0 aromatic rings. The Balaban J connectivity index is 2.62. The third-order valence-corrected chi connectivity index (χ3v) is 1.79. The standard InChI is InChI=1S/C9H7NO2/c11-9(12)7-4-6-2-1-3-8(6)10-5-7/h1-5,10H,(H,11,12). The van der Waals surface area contributed by atoms with E-state index in [1.807, 2.05) is 18.2 Å². The summed E-state index contributed by atoms with van der Waals surface area (Å²) in [7, 11) is 0. The third-order valence-electron chi connectivity index (χ3n) is 1.79. The van der Waals surface area contributed by atoms with Gasteiger partial charge in [0.2, 0.25) is 0 Å². The van der Waals surface area contributed by atoms with Gasteiger partial charge in [-0.1, -0.05) is 12.1 Å². The van der Waals surface area contributed by atoms with E-state index in [4.69, 9.17) is 5.11 Å². The number of aromatic amines is 1. The average molecular weight is 161 g/mol. The van der Waals surface area contributed by atoms with Gasteiger partial charge in [0, 0.05) is 11.9 Å². The molecule has 1 heterocycles. The summed E-state index contributed by atoms with van der Waals surface area (Å²) < 4.78 is 0. The zero-order valence-electron chi connectivity index (χ0n) is 6.24. The van der Waals surface area contributed by atoms with Gasteiger partial charge in [0.05, 0.1) is 5.56 Å². The summed E-state index contributed by atoms with van der Waals surface area (Å²) in [6.07, 6.45) is 1.49. The summed E-state index contributed by atoms with van der Waals surface area (Å²) in [4.78, 5) is 13.4. The van der Waals surface area contributed by atoms with E-state index in [-0.39, 0.29) is 5.56 Å². The second-order valence-corrected chi connectivity index (χ2v) is 2.59. The van der Waals surface area contributed by atoms with Gasteiger partial charge in [-0.15, -0.1) is 0 Å². The lowest BCUT2D eigenvalue weighted by Gasteiger charge is -2.00. The Morgan fingerprint density at radius 2 is 2.25 bits per heavy atom. The molecule has 0 aromatic heterocycles. The molecule has 2 rings (SSSR count). The number of H-pyrrole nitrogens is 1. The minimum atomic E-state index is -0.908. The van der Waals surface area contributed by atoms with Crippen LogP contribution in [-0.2, 0) is 0 Å². The van der Waals surface area contributed by atoms with Crippen LogP contribution in [0.1, 0.15) is 10.4 Å². The van der Waals surface area contributed by atoms with Gasteiger partial charge in [-0.25, -0.2) is 4.79 Å². The Bertz CT molecular complexity index is 392. The van der Waals surface area contributed by atoms with Crippen molar-refractivity contribution in [3.8, 4) is 11.3 Å². The molecule has 2 aliphatic rings. The molecule has 0 fully saturated rings. The van der Waals surface area contributed by atoms with E-state index >= 15 is 0 Å². The molecule has 1 aliphatic heterocycles. The molecular formula is C9H7NO2. The monoisotopic (exact) mass is 161 g/mol. The van der Waals surface area contributed by atoms with E-state index in [0.29, 0.717) is 0 Å². The fraction of sp³-hybridized carbons (Fsp3) is 0. The highest BCUT2D eigenvalue weighted by Gasteiger charge is 2.06. The third kappa shape index (κ3) is 0.955. The van der Waals surface area contributed by atoms with Crippen molar-refractivity contribution in [3.05, 3.63) is 36.0 Å². The molecule has 0 spiro atoms. The number of aromatic carboxylic acids is 1. The maximum Gasteiger partial charge on any atom is 0.337 e. The van der Waals surface area contributed by atoms with E-state index in [1.54, 1.807) is 6.07 Å². The van der Waals surface area contributed by atoms with Crippen LogP contribution < -0.4 is 0 Å². The topological polar surface area (TPSA) is 53.1 Å². The van der Waals surface area contributed by atoms with Crippen LogP contribution >= 0.6 is 0 Å². The van der Waals surface area contributed by atoms with Gasteiger partial charge in [-0.05, 0) is 17.7 Å². The minimum Gasteiger partial charge on any atom is -0.478 e. The summed E-state index contributed by atoms with van der Waals surface area (Å²) in [5.41, 5.74) is 2.17. The van der Waals surface area contributed by atoms with Gasteiger partial charge < -0.3 is 10.1 Å². The molecule has 0 unspecified atom stereocenters. The Hall–Kier alpha value is -1.77. The van der Waals surface area contributed by atoms with Gasteiger partial charge in [-0.2, -0.15) is 0 Å². The Kier molecular flexibility index (Phi) is 1.37. The SMILES string of the molecule is O=C(O)c1c[nH]c2cccc-2c1. The predicted octanol–water partition coefficient (Wildman–Crippen LogP) is 1.82. The Morgan fingerprint density at radius 3 is 3.00 bits per heavy atom. The fourth-order valence-corrected chi connectivity index (χ4v) is 1.18. The molecule has 0 saturated heterocycles. The van der Waals surface area contributed by atoms with Crippen molar-refractivity contribution >= 4 is 5.97 Å². The number of fused-ring (bicyclic) bond motifs is 1. The zero-order chi connectivity index (χ0) is 8.55. The molecule has 0 amide bonds. The van der Waals surface area contributed by atoms with Crippen LogP contribution in [0.3, 0.4) is 0 Å². The first-order valence-electron chi connectivity index (χ1n) is 3.58. The van der Waals surface area contributed by atoms with Crippen molar-refractivity contribution < 1.29 is 9.90 Å². The van der Waals surface area contributed by atoms with Crippen LogP contribution in [0.4, 0.5) is 0 Å². The highest BCUT2D eigenvalue weighted by Crippen LogP contribution is 2.20. The molecule has 1 aliphatic carbocycles. The summed E-state index contributed by atoms with van der Waals surface area (Å²) in [5, 5.41) is 8.66. The van der Waals surface area contributed by atoms with Crippen molar-refractivity contribution in [2.45, 2.75) is 0 Å². The lowest BCUT2D eigenvalue weighted by atomic mass is 10.2. The number of carboxylic acid groups (broad SMARTS) is 1. The lowest BCUT2D eigenvalue weighted by molar-refractivity contribution is 0.0696. The van der Waals surface area contributed by atoms with Crippen LogP contribution in [0.15, 0.2) is 30.5 Å². The van der Waals surface area contributed by atoms with E-state index in [0.717, 1.165) is 11.3 Å². The highest BCUT2D eigenvalue weighted by atomic mass is 16.4. The molecular weight excluding hydrogens is 154 g/mol. The first-order valence-corrected chi connectivity index (χ1v) is 3.58. The molecule has 0 bridgehead atoms. The number of rotatable bonds is 1. The molecule has 0 radical (unpaired) electrons. The number of carbonyl (C=O) groups is 1. The molecule has 0 aromatic carbocycles. The molecule has 0 atom stereocenters. The van der Waals surface area contributed by atoms with Crippen LogP contribution in [-0.4, -0.2) is 16.1 Å². The van der Waals surface area contributed by atoms with Crippen molar-refractivity contribution in [2.24, 2.45) is 0 Å². The molecule has 0 saturated carbocycles. The van der Waals surface area contributed by atoms with Crippen molar-refractivity contribution in [2.75, 3.05) is 0 Å². The Morgan fingerprint density at radius 1 is 1.42 bits per heavy atom. The van der Waals surface area contributed by atoms with Crippen molar-refractivity contribution in [1.82, 2.24) is 4.98 Å². The van der Waals surface area contributed by atoms with Gasteiger partial charge in [0.15, 0.2) is 0 Å². The van der Waals surface area contributed by atoms with E-state index in [9.17, 15) is 4.79 Å². The van der Waals surface area contributed by atoms with E-state index < -0.39 is 5.97 Å². The molecule has 2 N–H and O–H groups in total. The van der Waals surface area contributed by atoms with E-state index in [2.05, 4.69) is 4.98 Å². The summed E-state index contributed by atoms with van der Waals surface area (Å²) in [5.74, 6) is -0.908. The Labute approximate surface area is 69.0 Å².